The van der Waals surface area contributed by atoms with Crippen LogP contribution < -0.4 is 10.6 Å². The topological polar surface area (TPSA) is 84.4 Å². The highest BCUT2D eigenvalue weighted by molar-refractivity contribution is 14.0. The molecule has 0 aliphatic carbocycles. The number of aliphatic imine (C=N–C) groups is 1. The second-order valence-corrected chi connectivity index (χ2v) is 8.24. The number of carbonyl (C=O) groups excluding carboxylic acids is 1. The zero-order valence-corrected chi connectivity index (χ0v) is 22.2. The number of halogens is 1. The normalized spacial score (nSPS) is 17.9. The van der Waals surface area contributed by atoms with Crippen molar-refractivity contribution in [1.29, 1.82) is 0 Å². The van der Waals surface area contributed by atoms with Crippen LogP contribution in [0.25, 0.3) is 0 Å². The maximum absolute atomic E-state index is 11.9. The number of piperidine rings is 1. The fraction of sp³-hybridized carbons (Fsp3) is 0.667. The fourth-order valence-electron chi connectivity index (χ4n) is 3.90. The quantitative estimate of drug-likeness (QED) is 0.280. The molecule has 0 saturated carbocycles. The number of ether oxygens (including phenoxy) is 3. The van der Waals surface area contributed by atoms with Gasteiger partial charge in [-0.2, -0.15) is 0 Å². The second kappa shape index (κ2) is 15.3. The van der Waals surface area contributed by atoms with Gasteiger partial charge in [-0.15, -0.1) is 24.0 Å². The molecule has 2 fully saturated rings. The maximum Gasteiger partial charge on any atom is 0.409 e. The van der Waals surface area contributed by atoms with Crippen LogP contribution in [-0.4, -0.2) is 68.6 Å². The number of guanidine groups is 1. The van der Waals surface area contributed by atoms with E-state index in [1.807, 2.05) is 6.92 Å². The Morgan fingerprint density at radius 2 is 1.76 bits per heavy atom. The molecule has 0 bridgehead atoms. The molecule has 1 aromatic rings. The molecule has 0 radical (unpaired) electrons. The minimum Gasteiger partial charge on any atom is -0.450 e. The number of hydrogen-bond acceptors (Lipinski definition) is 5. The molecule has 0 unspecified atom stereocenters. The number of hydrogen-bond donors (Lipinski definition) is 2. The smallest absolute Gasteiger partial charge is 0.409 e. The van der Waals surface area contributed by atoms with E-state index in [0.29, 0.717) is 45.0 Å². The van der Waals surface area contributed by atoms with Crippen LogP contribution in [0.1, 0.15) is 50.7 Å². The molecule has 2 heterocycles. The second-order valence-electron chi connectivity index (χ2n) is 8.24. The van der Waals surface area contributed by atoms with Crippen molar-refractivity contribution in [3.05, 3.63) is 35.4 Å². The summed E-state index contributed by atoms with van der Waals surface area (Å²) in [5.41, 5.74) is 2.34. The molecule has 8 nitrogen and oxygen atoms in total. The van der Waals surface area contributed by atoms with E-state index in [9.17, 15) is 4.79 Å². The Labute approximate surface area is 214 Å². The van der Waals surface area contributed by atoms with Gasteiger partial charge in [0.05, 0.1) is 25.9 Å². The zero-order chi connectivity index (χ0) is 22.6. The highest BCUT2D eigenvalue weighted by Crippen LogP contribution is 2.15. The summed E-state index contributed by atoms with van der Waals surface area (Å²) in [5, 5.41) is 6.84. The largest absolute Gasteiger partial charge is 0.450 e. The lowest BCUT2D eigenvalue weighted by Crippen LogP contribution is -2.49. The van der Waals surface area contributed by atoms with Gasteiger partial charge in [0.25, 0.3) is 0 Å². The Morgan fingerprint density at radius 1 is 1.09 bits per heavy atom. The van der Waals surface area contributed by atoms with Crippen LogP contribution in [0.2, 0.25) is 0 Å². The summed E-state index contributed by atoms with van der Waals surface area (Å²) >= 11 is 0. The number of nitrogens with one attached hydrogen (secondary N) is 2. The third-order valence-electron chi connectivity index (χ3n) is 5.80. The summed E-state index contributed by atoms with van der Waals surface area (Å²) in [6.45, 7) is 9.37. The first-order valence-corrected chi connectivity index (χ1v) is 11.9. The molecule has 1 amide bonds. The van der Waals surface area contributed by atoms with Gasteiger partial charge in [-0.25, -0.2) is 9.79 Å². The number of likely N-dealkylation sites (tertiary alicyclic amines) is 1. The van der Waals surface area contributed by atoms with Gasteiger partial charge in [0.1, 0.15) is 0 Å². The summed E-state index contributed by atoms with van der Waals surface area (Å²) in [6.07, 6.45) is 3.82. The lowest BCUT2D eigenvalue weighted by Gasteiger charge is -2.32. The van der Waals surface area contributed by atoms with Crippen LogP contribution in [0, 0.1) is 0 Å². The van der Waals surface area contributed by atoms with Crippen LogP contribution in [0.15, 0.2) is 29.3 Å². The highest BCUT2D eigenvalue weighted by Gasteiger charge is 2.24. The lowest BCUT2D eigenvalue weighted by molar-refractivity contribution is -0.0390. The first kappa shape index (κ1) is 27.7. The van der Waals surface area contributed by atoms with Gasteiger partial charge in [-0.05, 0) is 50.7 Å². The molecule has 0 aromatic heterocycles. The van der Waals surface area contributed by atoms with E-state index < -0.39 is 0 Å². The van der Waals surface area contributed by atoms with Crippen molar-refractivity contribution < 1.29 is 19.0 Å². The number of benzene rings is 1. The van der Waals surface area contributed by atoms with Crippen LogP contribution >= 0.6 is 24.0 Å². The van der Waals surface area contributed by atoms with Gasteiger partial charge in [-0.1, -0.05) is 24.3 Å². The molecular formula is C24H39IN4O4. The minimum absolute atomic E-state index is 0. The first-order valence-electron chi connectivity index (χ1n) is 11.9. The third-order valence-corrected chi connectivity index (χ3v) is 5.80. The number of nitrogens with zero attached hydrogens (tertiary/aromatic N) is 2. The van der Waals surface area contributed by atoms with Crippen LogP contribution in [0.3, 0.4) is 0 Å². The van der Waals surface area contributed by atoms with Crippen molar-refractivity contribution >= 4 is 36.0 Å². The Kier molecular flexibility index (Phi) is 12.9. The number of carbonyl (C=O) groups is 1. The standard InChI is InChI=1S/C24H38N4O4.HI/c1-3-25-23(27-21-9-13-28(14-10-21)24(29)31-4-2)26-17-19-5-7-20(8-6-19)18-32-22-11-15-30-16-12-22;/h5-8,21-22H,3-4,9-18H2,1-2H3,(H2,25,26,27);1H. The molecule has 9 heteroatoms. The number of rotatable bonds is 8. The number of amides is 1. The monoisotopic (exact) mass is 574 g/mol. The van der Waals surface area contributed by atoms with E-state index in [2.05, 4.69) is 41.8 Å². The van der Waals surface area contributed by atoms with Crippen LogP contribution in [0.5, 0.6) is 0 Å². The van der Waals surface area contributed by atoms with Crippen molar-refractivity contribution in [3.8, 4) is 0 Å². The van der Waals surface area contributed by atoms with E-state index in [1.165, 1.54) is 5.56 Å². The van der Waals surface area contributed by atoms with E-state index in [1.54, 1.807) is 4.90 Å². The third kappa shape index (κ3) is 9.66. The van der Waals surface area contributed by atoms with Gasteiger partial charge in [-0.3, -0.25) is 0 Å². The van der Waals surface area contributed by atoms with Crippen molar-refractivity contribution in [2.75, 3.05) is 39.5 Å². The zero-order valence-electron chi connectivity index (χ0n) is 19.9. The Morgan fingerprint density at radius 3 is 2.39 bits per heavy atom. The van der Waals surface area contributed by atoms with E-state index in [-0.39, 0.29) is 30.1 Å². The Balaban J connectivity index is 0.00000385. The van der Waals surface area contributed by atoms with Gasteiger partial charge in [0.2, 0.25) is 0 Å². The van der Waals surface area contributed by atoms with Crippen molar-refractivity contribution in [2.45, 2.75) is 64.8 Å². The maximum atomic E-state index is 11.9. The van der Waals surface area contributed by atoms with Crippen molar-refractivity contribution in [2.24, 2.45) is 4.99 Å². The van der Waals surface area contributed by atoms with E-state index in [4.69, 9.17) is 19.2 Å². The predicted molar refractivity (Wildman–Crippen MR) is 140 cm³/mol. The van der Waals surface area contributed by atoms with Crippen molar-refractivity contribution in [3.63, 3.8) is 0 Å². The summed E-state index contributed by atoms with van der Waals surface area (Å²) < 4.78 is 16.5. The van der Waals surface area contributed by atoms with Crippen LogP contribution in [-0.2, 0) is 27.4 Å². The van der Waals surface area contributed by atoms with Gasteiger partial charge >= 0.3 is 6.09 Å². The fourth-order valence-corrected chi connectivity index (χ4v) is 3.90. The lowest BCUT2D eigenvalue weighted by atomic mass is 10.1. The molecular weight excluding hydrogens is 535 g/mol. The SMILES string of the molecule is CCNC(=NCc1ccc(COC2CCOCC2)cc1)NC1CCN(C(=O)OCC)CC1.I. The summed E-state index contributed by atoms with van der Waals surface area (Å²) in [6, 6.07) is 8.77. The molecule has 3 rings (SSSR count). The van der Waals surface area contributed by atoms with Gasteiger partial charge in [0, 0.05) is 38.9 Å². The van der Waals surface area contributed by atoms with Crippen molar-refractivity contribution in [1.82, 2.24) is 15.5 Å². The molecule has 33 heavy (non-hydrogen) atoms. The van der Waals surface area contributed by atoms with Crippen LogP contribution in [0.4, 0.5) is 4.79 Å². The summed E-state index contributed by atoms with van der Waals surface area (Å²) in [5.74, 6) is 0.814. The average Bonchev–Trinajstić information content (AvgIpc) is 2.83. The molecule has 2 aliphatic rings. The summed E-state index contributed by atoms with van der Waals surface area (Å²) in [4.78, 5) is 18.4. The molecule has 0 atom stereocenters. The molecule has 2 aliphatic heterocycles. The molecule has 2 N–H and O–H groups in total. The van der Waals surface area contributed by atoms with Gasteiger partial charge in [0.15, 0.2) is 5.96 Å². The molecule has 0 spiro atoms. The predicted octanol–water partition coefficient (Wildman–Crippen LogP) is 3.68. The minimum atomic E-state index is -0.215. The molecule has 1 aromatic carbocycles. The van der Waals surface area contributed by atoms with E-state index in [0.717, 1.165) is 57.0 Å². The average molecular weight is 575 g/mol. The Hall–Kier alpha value is -1.59. The summed E-state index contributed by atoms with van der Waals surface area (Å²) in [7, 11) is 0. The molecule has 186 valence electrons. The first-order chi connectivity index (χ1) is 15.7. The Bertz CT molecular complexity index is 718. The highest BCUT2D eigenvalue weighted by atomic mass is 127. The van der Waals surface area contributed by atoms with E-state index >= 15 is 0 Å². The molecule has 2 saturated heterocycles. The van der Waals surface area contributed by atoms with Gasteiger partial charge < -0.3 is 29.7 Å².